The Kier molecular flexibility index (Phi) is 6.28. The lowest BCUT2D eigenvalue weighted by atomic mass is 10.1. The van der Waals surface area contributed by atoms with Gasteiger partial charge in [0.15, 0.2) is 0 Å². The molecule has 0 saturated carbocycles. The zero-order valence-corrected chi connectivity index (χ0v) is 19.2. The molecule has 1 aromatic carbocycles. The van der Waals surface area contributed by atoms with E-state index >= 15 is 0 Å². The standard InChI is InChI=1S/C23H22ClN3O4S/c1-13-10-27(14(2)9-26(13)11-15-6-4-3-5-7-15)22(29)19-17(24)8-16-12-32-21(18(16)25-19)20(28)23(30)31/h3-8,12-14H,9-11H2,1-2H3,(H,30,31)/t13-,14+/m0/s1. The lowest BCUT2D eigenvalue weighted by Crippen LogP contribution is -2.57. The number of carbonyl (C=O) groups excluding carboxylic acids is 2. The van der Waals surface area contributed by atoms with E-state index in [4.69, 9.17) is 16.7 Å². The van der Waals surface area contributed by atoms with Crippen LogP contribution in [0.2, 0.25) is 5.02 Å². The first kappa shape index (κ1) is 22.4. The van der Waals surface area contributed by atoms with Crippen LogP contribution in [0.3, 0.4) is 0 Å². The number of aliphatic carboxylic acids is 1. The molecule has 7 nitrogen and oxygen atoms in total. The quantitative estimate of drug-likeness (QED) is 0.447. The molecule has 32 heavy (non-hydrogen) atoms. The van der Waals surface area contributed by atoms with Gasteiger partial charge in [0.1, 0.15) is 10.6 Å². The molecule has 1 N–H and O–H groups in total. The third kappa shape index (κ3) is 4.26. The van der Waals surface area contributed by atoms with Crippen molar-refractivity contribution in [1.82, 2.24) is 14.8 Å². The molecule has 1 saturated heterocycles. The Morgan fingerprint density at radius 1 is 1.16 bits per heavy atom. The number of carboxylic acids is 1. The highest BCUT2D eigenvalue weighted by molar-refractivity contribution is 7.14. The molecule has 1 fully saturated rings. The van der Waals surface area contributed by atoms with Crippen LogP contribution >= 0.6 is 22.9 Å². The van der Waals surface area contributed by atoms with Crippen LogP contribution in [0, 0.1) is 0 Å². The smallest absolute Gasteiger partial charge is 0.378 e. The van der Waals surface area contributed by atoms with Crippen molar-refractivity contribution in [2.24, 2.45) is 0 Å². The number of hydrogen-bond acceptors (Lipinski definition) is 6. The zero-order valence-electron chi connectivity index (χ0n) is 17.6. The van der Waals surface area contributed by atoms with Gasteiger partial charge in [0.05, 0.1) is 10.5 Å². The second-order valence-corrected chi connectivity index (χ2v) is 9.31. The van der Waals surface area contributed by atoms with E-state index in [-0.39, 0.29) is 39.1 Å². The monoisotopic (exact) mass is 471 g/mol. The predicted octanol–water partition coefficient (Wildman–Crippen LogP) is 3.95. The minimum absolute atomic E-state index is 0.00712. The molecule has 9 heteroatoms. The van der Waals surface area contributed by atoms with Crippen LogP contribution in [0.15, 0.2) is 41.8 Å². The van der Waals surface area contributed by atoms with E-state index in [1.54, 1.807) is 16.3 Å². The van der Waals surface area contributed by atoms with Gasteiger partial charge in [0.2, 0.25) is 0 Å². The van der Waals surface area contributed by atoms with Crippen molar-refractivity contribution < 1.29 is 19.5 Å². The van der Waals surface area contributed by atoms with Gasteiger partial charge in [-0.15, -0.1) is 11.3 Å². The second-order valence-electron chi connectivity index (χ2n) is 8.03. The summed E-state index contributed by atoms with van der Waals surface area (Å²) in [4.78, 5) is 45.0. The minimum Gasteiger partial charge on any atom is -0.475 e. The summed E-state index contributed by atoms with van der Waals surface area (Å²) < 4.78 is 0. The number of thiophene rings is 1. The highest BCUT2D eigenvalue weighted by Crippen LogP contribution is 2.30. The second kappa shape index (κ2) is 8.97. The van der Waals surface area contributed by atoms with Crippen LogP contribution in [-0.2, 0) is 11.3 Å². The molecule has 1 amide bonds. The summed E-state index contributed by atoms with van der Waals surface area (Å²) in [5.41, 5.74) is 1.45. The van der Waals surface area contributed by atoms with Gasteiger partial charge in [-0.25, -0.2) is 9.78 Å². The summed E-state index contributed by atoms with van der Waals surface area (Å²) in [6, 6.07) is 11.8. The van der Waals surface area contributed by atoms with Gasteiger partial charge < -0.3 is 10.0 Å². The number of fused-ring (bicyclic) bond motifs is 1. The van der Waals surface area contributed by atoms with Gasteiger partial charge in [-0.05, 0) is 25.5 Å². The van der Waals surface area contributed by atoms with Gasteiger partial charge >= 0.3 is 5.97 Å². The van der Waals surface area contributed by atoms with E-state index in [9.17, 15) is 14.4 Å². The molecule has 1 aliphatic heterocycles. The molecule has 0 unspecified atom stereocenters. The molecule has 0 aliphatic carbocycles. The first-order valence-electron chi connectivity index (χ1n) is 10.2. The summed E-state index contributed by atoms with van der Waals surface area (Å²) in [5.74, 6) is -2.93. The van der Waals surface area contributed by atoms with Crippen LogP contribution < -0.4 is 0 Å². The number of benzene rings is 1. The lowest BCUT2D eigenvalue weighted by Gasteiger charge is -2.44. The number of carbonyl (C=O) groups is 3. The topological polar surface area (TPSA) is 90.8 Å². The summed E-state index contributed by atoms with van der Waals surface area (Å²) in [7, 11) is 0. The van der Waals surface area contributed by atoms with Crippen LogP contribution in [-0.4, -0.2) is 62.7 Å². The number of halogens is 1. The van der Waals surface area contributed by atoms with Crippen molar-refractivity contribution in [2.75, 3.05) is 13.1 Å². The fraction of sp³-hybridized carbons (Fsp3) is 0.304. The molecule has 2 atom stereocenters. The van der Waals surface area contributed by atoms with Crippen molar-refractivity contribution in [3.8, 4) is 0 Å². The third-order valence-corrected chi connectivity index (χ3v) is 7.01. The minimum atomic E-state index is -1.56. The Hall–Kier alpha value is -2.81. The van der Waals surface area contributed by atoms with Crippen molar-refractivity contribution in [3.05, 3.63) is 62.9 Å². The highest BCUT2D eigenvalue weighted by atomic mass is 35.5. The summed E-state index contributed by atoms with van der Waals surface area (Å²) in [5, 5.41) is 11.4. The van der Waals surface area contributed by atoms with Gasteiger partial charge in [-0.2, -0.15) is 0 Å². The first-order valence-corrected chi connectivity index (χ1v) is 11.5. The Bertz CT molecular complexity index is 1200. The number of hydrogen-bond donors (Lipinski definition) is 1. The first-order chi connectivity index (χ1) is 15.3. The fourth-order valence-corrected chi connectivity index (χ4v) is 5.15. The van der Waals surface area contributed by atoms with E-state index in [0.717, 1.165) is 17.9 Å². The average molecular weight is 472 g/mol. The molecule has 3 heterocycles. The molecular formula is C23H22ClN3O4S. The van der Waals surface area contributed by atoms with E-state index in [1.165, 1.54) is 5.56 Å². The largest absolute Gasteiger partial charge is 0.475 e. The predicted molar refractivity (Wildman–Crippen MR) is 123 cm³/mol. The molecule has 4 rings (SSSR count). The molecule has 0 bridgehead atoms. The van der Waals surface area contributed by atoms with Crippen molar-refractivity contribution in [2.45, 2.75) is 32.5 Å². The number of ketones is 1. The number of piperazine rings is 1. The molecule has 166 valence electrons. The maximum absolute atomic E-state index is 13.4. The Morgan fingerprint density at radius 2 is 1.88 bits per heavy atom. The maximum atomic E-state index is 13.4. The van der Waals surface area contributed by atoms with Crippen molar-refractivity contribution in [3.63, 3.8) is 0 Å². The maximum Gasteiger partial charge on any atom is 0.378 e. The van der Waals surface area contributed by atoms with E-state index in [1.807, 2.05) is 25.1 Å². The Morgan fingerprint density at radius 3 is 2.56 bits per heavy atom. The summed E-state index contributed by atoms with van der Waals surface area (Å²) in [6.07, 6.45) is 0. The number of pyridine rings is 1. The van der Waals surface area contributed by atoms with E-state index < -0.39 is 11.8 Å². The van der Waals surface area contributed by atoms with Gasteiger partial charge in [-0.3, -0.25) is 14.5 Å². The zero-order chi connectivity index (χ0) is 23.0. The molecule has 3 aromatic rings. The van der Waals surface area contributed by atoms with Crippen LogP contribution in [0.1, 0.15) is 39.6 Å². The molecular weight excluding hydrogens is 450 g/mol. The normalized spacial score (nSPS) is 19.3. The lowest BCUT2D eigenvalue weighted by molar-refractivity contribution is -0.131. The van der Waals surface area contributed by atoms with Crippen molar-refractivity contribution in [1.29, 1.82) is 0 Å². The summed E-state index contributed by atoms with van der Waals surface area (Å²) >= 11 is 7.35. The molecule has 0 spiro atoms. The SMILES string of the molecule is C[C@@H]1CN(Cc2ccccc2)[C@@H](C)CN1C(=O)c1nc2c(C(=O)C(=O)O)scc2cc1Cl. The molecule has 1 aliphatic rings. The van der Waals surface area contributed by atoms with Gasteiger partial charge in [0, 0.05) is 42.5 Å². The molecule has 2 aromatic heterocycles. The highest BCUT2D eigenvalue weighted by Gasteiger charge is 2.34. The number of aromatic nitrogens is 1. The number of rotatable bonds is 5. The number of carboxylic acid groups (broad SMARTS) is 1. The third-order valence-electron chi connectivity index (χ3n) is 5.73. The van der Waals surface area contributed by atoms with Gasteiger partial charge in [0.25, 0.3) is 11.7 Å². The fourth-order valence-electron chi connectivity index (χ4n) is 4.02. The number of Topliss-reactive ketones (excluding diaryl/α,β-unsaturated/α-hetero) is 1. The van der Waals surface area contributed by atoms with Crippen LogP contribution in [0.5, 0.6) is 0 Å². The van der Waals surface area contributed by atoms with Gasteiger partial charge in [-0.1, -0.05) is 41.9 Å². The Labute approximate surface area is 194 Å². The number of amides is 1. The Balaban J connectivity index is 1.59. The number of nitrogens with zero attached hydrogens (tertiary/aromatic N) is 3. The molecule has 0 radical (unpaired) electrons. The van der Waals surface area contributed by atoms with Crippen LogP contribution in [0.4, 0.5) is 0 Å². The van der Waals surface area contributed by atoms with Crippen molar-refractivity contribution >= 4 is 51.5 Å². The van der Waals surface area contributed by atoms with E-state index in [2.05, 4.69) is 28.9 Å². The van der Waals surface area contributed by atoms with Crippen LogP contribution in [0.25, 0.3) is 10.9 Å². The van der Waals surface area contributed by atoms with E-state index in [0.29, 0.717) is 18.5 Å². The average Bonchev–Trinajstić information content (AvgIpc) is 3.17. The summed E-state index contributed by atoms with van der Waals surface area (Å²) in [6.45, 7) is 6.07.